The summed E-state index contributed by atoms with van der Waals surface area (Å²) in [7, 11) is 1.69. The molecular weight excluding hydrogens is 338 g/mol. The van der Waals surface area contributed by atoms with E-state index in [4.69, 9.17) is 4.74 Å². The molecule has 4 aromatic rings. The van der Waals surface area contributed by atoms with Crippen LogP contribution in [0.15, 0.2) is 61.3 Å². The fraction of sp³-hybridized carbons (Fsp3) is 0.190. The second-order valence-electron chi connectivity index (χ2n) is 6.33. The molecule has 0 unspecified atom stereocenters. The first-order chi connectivity index (χ1) is 13.3. The molecule has 0 saturated carbocycles. The van der Waals surface area contributed by atoms with Gasteiger partial charge in [-0.25, -0.2) is 9.97 Å². The maximum atomic E-state index is 5.36. The summed E-state index contributed by atoms with van der Waals surface area (Å²) in [5.41, 5.74) is 5.26. The molecule has 4 rings (SSSR count). The molecule has 0 bridgehead atoms. The van der Waals surface area contributed by atoms with E-state index in [9.17, 15) is 0 Å². The average molecular weight is 359 g/mol. The number of pyridine rings is 1. The minimum absolute atomic E-state index is 0.778. The normalized spacial score (nSPS) is 10.9. The standard InChI is InChI=1S/C21H21N5O/c1-15-13-17(3-4-19(15)27-2)18-14-25-21-20(24-11-12-26(18)21)23-10-7-16-5-8-22-9-6-16/h3-6,8-9,11-14H,7,10H2,1-2H3,(H,23,24). The highest BCUT2D eigenvalue weighted by Gasteiger charge is 2.11. The van der Waals surface area contributed by atoms with Crippen molar-refractivity contribution in [1.29, 1.82) is 0 Å². The highest BCUT2D eigenvalue weighted by atomic mass is 16.5. The quantitative estimate of drug-likeness (QED) is 0.568. The number of benzene rings is 1. The van der Waals surface area contributed by atoms with E-state index in [2.05, 4.69) is 30.7 Å². The second kappa shape index (κ2) is 7.45. The molecule has 0 aliphatic carbocycles. The van der Waals surface area contributed by atoms with E-state index in [0.29, 0.717) is 0 Å². The molecule has 6 nitrogen and oxygen atoms in total. The molecule has 0 spiro atoms. The van der Waals surface area contributed by atoms with Crippen molar-refractivity contribution in [2.75, 3.05) is 19.0 Å². The summed E-state index contributed by atoms with van der Waals surface area (Å²) in [5.74, 6) is 1.66. The SMILES string of the molecule is COc1ccc(-c2cnc3c(NCCc4ccncc4)nccn23)cc1C. The fourth-order valence-corrected chi connectivity index (χ4v) is 3.17. The summed E-state index contributed by atoms with van der Waals surface area (Å²) >= 11 is 0. The minimum Gasteiger partial charge on any atom is -0.496 e. The van der Waals surface area contributed by atoms with Crippen molar-refractivity contribution in [1.82, 2.24) is 19.4 Å². The Morgan fingerprint density at radius 3 is 2.70 bits per heavy atom. The van der Waals surface area contributed by atoms with Gasteiger partial charge in [0.1, 0.15) is 5.75 Å². The van der Waals surface area contributed by atoms with E-state index in [1.807, 2.05) is 56.0 Å². The fourth-order valence-electron chi connectivity index (χ4n) is 3.17. The Labute approximate surface area is 157 Å². The third kappa shape index (κ3) is 3.46. The summed E-state index contributed by atoms with van der Waals surface area (Å²) in [5, 5.41) is 3.40. The summed E-state index contributed by atoms with van der Waals surface area (Å²) in [6.45, 7) is 2.82. The van der Waals surface area contributed by atoms with Gasteiger partial charge in [-0.15, -0.1) is 0 Å². The Kier molecular flexibility index (Phi) is 4.70. The minimum atomic E-state index is 0.778. The number of hydrogen-bond acceptors (Lipinski definition) is 5. The molecule has 0 aliphatic rings. The highest BCUT2D eigenvalue weighted by Crippen LogP contribution is 2.27. The molecule has 0 fully saturated rings. The Morgan fingerprint density at radius 1 is 1.07 bits per heavy atom. The summed E-state index contributed by atoms with van der Waals surface area (Å²) in [6.07, 6.45) is 10.1. The molecule has 0 amide bonds. The van der Waals surface area contributed by atoms with Crippen LogP contribution in [0, 0.1) is 6.92 Å². The van der Waals surface area contributed by atoms with Gasteiger partial charge in [-0.3, -0.25) is 9.38 Å². The predicted octanol–water partition coefficient (Wildman–Crippen LogP) is 3.76. The number of ether oxygens (including phenoxy) is 1. The Hall–Kier alpha value is -3.41. The molecule has 0 atom stereocenters. The number of rotatable bonds is 6. The third-order valence-corrected chi connectivity index (χ3v) is 4.57. The van der Waals surface area contributed by atoms with E-state index in [0.717, 1.165) is 47.0 Å². The first-order valence-electron chi connectivity index (χ1n) is 8.86. The third-order valence-electron chi connectivity index (χ3n) is 4.57. The molecule has 27 heavy (non-hydrogen) atoms. The zero-order valence-electron chi connectivity index (χ0n) is 15.4. The lowest BCUT2D eigenvalue weighted by Gasteiger charge is -2.09. The van der Waals surface area contributed by atoms with Gasteiger partial charge in [0.05, 0.1) is 19.0 Å². The zero-order valence-corrected chi connectivity index (χ0v) is 15.4. The van der Waals surface area contributed by atoms with Crippen molar-refractivity contribution in [3.63, 3.8) is 0 Å². The second-order valence-corrected chi connectivity index (χ2v) is 6.33. The van der Waals surface area contributed by atoms with Gasteiger partial charge in [-0.2, -0.15) is 0 Å². The Bertz CT molecular complexity index is 1060. The number of anilines is 1. The van der Waals surface area contributed by atoms with Gasteiger partial charge in [-0.05, 0) is 54.8 Å². The van der Waals surface area contributed by atoms with Crippen molar-refractivity contribution in [2.45, 2.75) is 13.3 Å². The van der Waals surface area contributed by atoms with Gasteiger partial charge < -0.3 is 10.1 Å². The summed E-state index contributed by atoms with van der Waals surface area (Å²) in [6, 6.07) is 10.2. The van der Waals surface area contributed by atoms with Crippen LogP contribution in [0.3, 0.4) is 0 Å². The number of hydrogen-bond donors (Lipinski definition) is 1. The monoisotopic (exact) mass is 359 g/mol. The maximum Gasteiger partial charge on any atom is 0.180 e. The molecule has 3 aromatic heterocycles. The van der Waals surface area contributed by atoms with E-state index in [1.54, 1.807) is 13.3 Å². The molecule has 0 radical (unpaired) electrons. The van der Waals surface area contributed by atoms with Crippen molar-refractivity contribution in [2.24, 2.45) is 0 Å². The van der Waals surface area contributed by atoms with Crippen molar-refractivity contribution in [3.8, 4) is 17.0 Å². The van der Waals surface area contributed by atoms with Crippen molar-refractivity contribution in [3.05, 3.63) is 72.4 Å². The molecule has 1 N–H and O–H groups in total. The van der Waals surface area contributed by atoms with Crippen molar-refractivity contribution >= 4 is 11.5 Å². The van der Waals surface area contributed by atoms with Crippen LogP contribution in [0.25, 0.3) is 16.9 Å². The maximum absolute atomic E-state index is 5.36. The van der Waals surface area contributed by atoms with Gasteiger partial charge in [0.15, 0.2) is 11.5 Å². The molecule has 0 aliphatic heterocycles. The zero-order chi connectivity index (χ0) is 18.6. The molecule has 1 aromatic carbocycles. The summed E-state index contributed by atoms with van der Waals surface area (Å²) < 4.78 is 7.42. The van der Waals surface area contributed by atoms with Crippen LogP contribution in [0.5, 0.6) is 5.75 Å². The first-order valence-corrected chi connectivity index (χ1v) is 8.86. The van der Waals surface area contributed by atoms with Crippen LogP contribution in [-0.4, -0.2) is 33.0 Å². The topological polar surface area (TPSA) is 64.3 Å². The molecule has 3 heterocycles. The van der Waals surface area contributed by atoms with Crippen LogP contribution in [0.4, 0.5) is 5.82 Å². The summed E-state index contributed by atoms with van der Waals surface area (Å²) in [4.78, 5) is 13.1. The smallest absolute Gasteiger partial charge is 0.180 e. The molecule has 136 valence electrons. The lowest BCUT2D eigenvalue weighted by atomic mass is 10.1. The lowest BCUT2D eigenvalue weighted by Crippen LogP contribution is -2.08. The van der Waals surface area contributed by atoms with Gasteiger partial charge in [0, 0.05) is 36.9 Å². The van der Waals surface area contributed by atoms with Crippen LogP contribution < -0.4 is 10.1 Å². The number of imidazole rings is 1. The average Bonchev–Trinajstić information content (AvgIpc) is 3.14. The van der Waals surface area contributed by atoms with Crippen molar-refractivity contribution < 1.29 is 4.74 Å². The van der Waals surface area contributed by atoms with Gasteiger partial charge >= 0.3 is 0 Å². The Morgan fingerprint density at radius 2 is 1.93 bits per heavy atom. The van der Waals surface area contributed by atoms with Crippen LogP contribution >= 0.6 is 0 Å². The number of nitrogens with one attached hydrogen (secondary N) is 1. The van der Waals surface area contributed by atoms with Crippen LogP contribution in [0.1, 0.15) is 11.1 Å². The van der Waals surface area contributed by atoms with E-state index in [1.165, 1.54) is 5.56 Å². The van der Waals surface area contributed by atoms with Crippen LogP contribution in [0.2, 0.25) is 0 Å². The number of nitrogens with zero attached hydrogens (tertiary/aromatic N) is 4. The first kappa shape index (κ1) is 17.0. The molecule has 0 saturated heterocycles. The lowest BCUT2D eigenvalue weighted by molar-refractivity contribution is 0.412. The number of fused-ring (bicyclic) bond motifs is 1. The molecular formula is C21H21N5O. The molecule has 6 heteroatoms. The van der Waals surface area contributed by atoms with Gasteiger partial charge in [-0.1, -0.05) is 0 Å². The van der Waals surface area contributed by atoms with E-state index in [-0.39, 0.29) is 0 Å². The highest BCUT2D eigenvalue weighted by molar-refractivity contribution is 5.71. The number of aromatic nitrogens is 4. The number of aryl methyl sites for hydroxylation is 1. The van der Waals surface area contributed by atoms with Gasteiger partial charge in [0.2, 0.25) is 0 Å². The van der Waals surface area contributed by atoms with E-state index >= 15 is 0 Å². The number of methoxy groups -OCH3 is 1. The Balaban J connectivity index is 1.59. The largest absolute Gasteiger partial charge is 0.496 e. The van der Waals surface area contributed by atoms with Crippen LogP contribution in [-0.2, 0) is 6.42 Å². The van der Waals surface area contributed by atoms with E-state index < -0.39 is 0 Å². The van der Waals surface area contributed by atoms with Gasteiger partial charge in [0.25, 0.3) is 0 Å². The predicted molar refractivity (Wildman–Crippen MR) is 106 cm³/mol.